The predicted molar refractivity (Wildman–Crippen MR) is 86.1 cm³/mol. The first-order valence-electron chi connectivity index (χ1n) is 7.74. The molecule has 0 radical (unpaired) electrons. The van der Waals surface area contributed by atoms with Gasteiger partial charge in [0.1, 0.15) is 0 Å². The fourth-order valence-electron chi connectivity index (χ4n) is 3.24. The standard InChI is InChI=1S/C18H19F3N2O/c1-11-8-9-12-6-4-5-7-13(12)14(11)15(18(19,20)21)23-10-17(2,3)16(24)22-23/h4-9,15H,10H2,1-3H3,(H,22,24). The zero-order valence-corrected chi connectivity index (χ0v) is 13.7. The Hall–Kier alpha value is -2.08. The van der Waals surface area contributed by atoms with Crippen LogP contribution in [0.3, 0.4) is 0 Å². The first-order valence-corrected chi connectivity index (χ1v) is 7.74. The number of carbonyl (C=O) groups is 1. The number of alkyl halides is 3. The number of nitrogens with zero attached hydrogens (tertiary/aromatic N) is 1. The number of aryl methyl sites for hydroxylation is 1. The molecule has 0 aliphatic carbocycles. The highest BCUT2D eigenvalue weighted by atomic mass is 19.4. The monoisotopic (exact) mass is 336 g/mol. The Balaban J connectivity index is 2.19. The summed E-state index contributed by atoms with van der Waals surface area (Å²) in [5.74, 6) is -0.394. The van der Waals surface area contributed by atoms with Crippen molar-refractivity contribution in [3.8, 4) is 0 Å². The van der Waals surface area contributed by atoms with Crippen LogP contribution in [0.25, 0.3) is 10.8 Å². The number of hydrogen-bond donors (Lipinski definition) is 1. The summed E-state index contributed by atoms with van der Waals surface area (Å²) in [5, 5.41) is 2.33. The van der Waals surface area contributed by atoms with Gasteiger partial charge in [0.05, 0.1) is 5.41 Å². The van der Waals surface area contributed by atoms with Crippen molar-refractivity contribution in [3.05, 3.63) is 47.5 Å². The Morgan fingerprint density at radius 3 is 2.42 bits per heavy atom. The summed E-state index contributed by atoms with van der Waals surface area (Å²) in [6.45, 7) is 4.96. The molecular weight excluding hydrogens is 317 g/mol. The Kier molecular flexibility index (Phi) is 3.83. The topological polar surface area (TPSA) is 32.3 Å². The van der Waals surface area contributed by atoms with Gasteiger partial charge in [-0.3, -0.25) is 10.2 Å². The van der Waals surface area contributed by atoms with Crippen molar-refractivity contribution in [1.29, 1.82) is 0 Å². The van der Waals surface area contributed by atoms with Crippen molar-refractivity contribution in [1.82, 2.24) is 10.4 Å². The largest absolute Gasteiger partial charge is 0.409 e. The molecule has 1 N–H and O–H groups in total. The number of carbonyl (C=O) groups excluding carboxylic acids is 1. The van der Waals surface area contributed by atoms with Gasteiger partial charge < -0.3 is 0 Å². The molecule has 1 amide bonds. The van der Waals surface area contributed by atoms with E-state index in [4.69, 9.17) is 0 Å². The minimum absolute atomic E-state index is 0.00132. The molecule has 1 heterocycles. The van der Waals surface area contributed by atoms with Crippen LogP contribution >= 0.6 is 0 Å². The summed E-state index contributed by atoms with van der Waals surface area (Å²) in [4.78, 5) is 12.0. The van der Waals surface area contributed by atoms with Gasteiger partial charge in [0, 0.05) is 6.54 Å². The lowest BCUT2D eigenvalue weighted by atomic mass is 9.91. The third-order valence-corrected chi connectivity index (χ3v) is 4.51. The lowest BCUT2D eigenvalue weighted by Crippen LogP contribution is -2.44. The van der Waals surface area contributed by atoms with E-state index in [2.05, 4.69) is 5.43 Å². The van der Waals surface area contributed by atoms with Crippen LogP contribution in [-0.4, -0.2) is 23.6 Å². The number of benzene rings is 2. The zero-order chi connectivity index (χ0) is 17.7. The van der Waals surface area contributed by atoms with Crippen LogP contribution in [0.1, 0.15) is 31.0 Å². The Morgan fingerprint density at radius 1 is 1.17 bits per heavy atom. The molecule has 3 rings (SSSR count). The molecule has 0 spiro atoms. The Bertz CT molecular complexity index is 798. The van der Waals surface area contributed by atoms with Gasteiger partial charge >= 0.3 is 6.18 Å². The zero-order valence-electron chi connectivity index (χ0n) is 13.7. The number of halogens is 3. The van der Waals surface area contributed by atoms with Crippen LogP contribution in [0.5, 0.6) is 0 Å². The number of hydrogen-bond acceptors (Lipinski definition) is 2. The molecule has 1 aliphatic heterocycles. The van der Waals surface area contributed by atoms with E-state index in [0.29, 0.717) is 10.9 Å². The smallest absolute Gasteiger partial charge is 0.287 e. The molecule has 2 aromatic rings. The van der Waals surface area contributed by atoms with Crippen LogP contribution < -0.4 is 5.43 Å². The minimum Gasteiger partial charge on any atom is -0.287 e. The molecule has 1 saturated heterocycles. The number of amides is 1. The average Bonchev–Trinajstić information content (AvgIpc) is 2.74. The van der Waals surface area contributed by atoms with E-state index < -0.39 is 23.5 Å². The first kappa shape index (κ1) is 16.8. The molecule has 0 saturated carbocycles. The number of nitrogens with one attached hydrogen (secondary N) is 1. The highest BCUT2D eigenvalue weighted by Gasteiger charge is 2.51. The second kappa shape index (κ2) is 5.48. The van der Waals surface area contributed by atoms with Gasteiger partial charge in [-0.05, 0) is 42.7 Å². The van der Waals surface area contributed by atoms with Crippen LogP contribution in [0.15, 0.2) is 36.4 Å². The van der Waals surface area contributed by atoms with Crippen molar-refractivity contribution in [3.63, 3.8) is 0 Å². The molecule has 3 nitrogen and oxygen atoms in total. The molecular formula is C18H19F3N2O. The van der Waals surface area contributed by atoms with Gasteiger partial charge in [-0.1, -0.05) is 36.4 Å². The lowest BCUT2D eigenvalue weighted by molar-refractivity contribution is -0.191. The van der Waals surface area contributed by atoms with E-state index in [1.807, 2.05) is 6.07 Å². The fourth-order valence-corrected chi connectivity index (χ4v) is 3.24. The van der Waals surface area contributed by atoms with Crippen molar-refractivity contribution in [2.24, 2.45) is 5.41 Å². The van der Waals surface area contributed by atoms with Crippen LogP contribution in [-0.2, 0) is 4.79 Å². The molecule has 0 bridgehead atoms. The second-order valence-electron chi connectivity index (χ2n) is 6.91. The first-order chi connectivity index (χ1) is 11.1. The SMILES string of the molecule is Cc1ccc2ccccc2c1C(N1CC(C)(C)C(=O)N1)C(F)(F)F. The quantitative estimate of drug-likeness (QED) is 0.894. The van der Waals surface area contributed by atoms with Gasteiger partial charge in [-0.15, -0.1) is 0 Å². The third-order valence-electron chi connectivity index (χ3n) is 4.51. The summed E-state index contributed by atoms with van der Waals surface area (Å²) in [5.41, 5.74) is 2.30. The third kappa shape index (κ3) is 2.75. The predicted octanol–water partition coefficient (Wildman–Crippen LogP) is 4.12. The van der Waals surface area contributed by atoms with E-state index in [0.717, 1.165) is 10.4 Å². The van der Waals surface area contributed by atoms with Crippen molar-refractivity contribution in [2.45, 2.75) is 33.0 Å². The molecule has 6 heteroatoms. The van der Waals surface area contributed by atoms with E-state index >= 15 is 0 Å². The van der Waals surface area contributed by atoms with Crippen molar-refractivity contribution >= 4 is 16.7 Å². The molecule has 2 aromatic carbocycles. The van der Waals surface area contributed by atoms with Crippen LogP contribution in [0.2, 0.25) is 0 Å². The maximum atomic E-state index is 14.0. The molecule has 1 unspecified atom stereocenters. The van der Waals surface area contributed by atoms with E-state index in [9.17, 15) is 18.0 Å². The summed E-state index contributed by atoms with van der Waals surface area (Å²) >= 11 is 0. The van der Waals surface area contributed by atoms with Gasteiger partial charge in [0.2, 0.25) is 5.91 Å². The summed E-state index contributed by atoms with van der Waals surface area (Å²) in [7, 11) is 0. The molecule has 128 valence electrons. The molecule has 0 aromatic heterocycles. The van der Waals surface area contributed by atoms with Crippen molar-refractivity contribution < 1.29 is 18.0 Å². The summed E-state index contributed by atoms with van der Waals surface area (Å²) in [6, 6.07) is 8.63. The maximum Gasteiger partial charge on any atom is 0.409 e. The van der Waals surface area contributed by atoms with Gasteiger partial charge in [-0.2, -0.15) is 13.2 Å². The van der Waals surface area contributed by atoms with Crippen LogP contribution in [0, 0.1) is 12.3 Å². The van der Waals surface area contributed by atoms with Gasteiger partial charge in [-0.25, -0.2) is 5.01 Å². The normalized spacial score (nSPS) is 19.5. The highest BCUT2D eigenvalue weighted by Crippen LogP contribution is 2.43. The second-order valence-corrected chi connectivity index (χ2v) is 6.91. The molecule has 1 fully saturated rings. The number of rotatable bonds is 2. The lowest BCUT2D eigenvalue weighted by Gasteiger charge is -2.31. The molecule has 1 aliphatic rings. The minimum atomic E-state index is -4.51. The molecule has 24 heavy (non-hydrogen) atoms. The number of hydrazine groups is 1. The van der Waals surface area contributed by atoms with E-state index in [1.54, 1.807) is 51.1 Å². The van der Waals surface area contributed by atoms with E-state index in [1.165, 1.54) is 0 Å². The van der Waals surface area contributed by atoms with Gasteiger partial charge in [0.25, 0.3) is 0 Å². The average molecular weight is 336 g/mol. The molecule has 1 atom stereocenters. The Morgan fingerprint density at radius 2 is 1.83 bits per heavy atom. The highest BCUT2D eigenvalue weighted by molar-refractivity contribution is 5.88. The maximum absolute atomic E-state index is 14.0. The van der Waals surface area contributed by atoms with Gasteiger partial charge in [0.15, 0.2) is 6.04 Å². The van der Waals surface area contributed by atoms with E-state index in [-0.39, 0.29) is 12.1 Å². The van der Waals surface area contributed by atoms with Crippen LogP contribution in [0.4, 0.5) is 13.2 Å². The summed E-state index contributed by atoms with van der Waals surface area (Å²) < 4.78 is 41.9. The fraction of sp³-hybridized carbons (Fsp3) is 0.389. The summed E-state index contributed by atoms with van der Waals surface area (Å²) in [6.07, 6.45) is -4.51. The van der Waals surface area contributed by atoms with Crippen molar-refractivity contribution in [2.75, 3.05) is 6.54 Å². The Labute approximate surface area is 138 Å². The number of fused-ring (bicyclic) bond motifs is 1.